The molecule has 1 heterocycles. The van der Waals surface area contributed by atoms with Gasteiger partial charge in [0.2, 0.25) is 0 Å². The Labute approximate surface area is 64.8 Å². The van der Waals surface area contributed by atoms with Crippen LogP contribution in [0.15, 0.2) is 17.0 Å². The highest BCUT2D eigenvalue weighted by molar-refractivity contribution is 7.98. The van der Waals surface area contributed by atoms with E-state index >= 15 is 0 Å². The van der Waals surface area contributed by atoms with Gasteiger partial charge in [-0.1, -0.05) is 0 Å². The monoisotopic (exact) mass is 154 g/mol. The molecule has 0 radical (unpaired) electrons. The van der Waals surface area contributed by atoms with E-state index in [0.717, 1.165) is 5.69 Å². The van der Waals surface area contributed by atoms with E-state index in [4.69, 9.17) is 5.73 Å². The average Bonchev–Trinajstić information content (AvgIpc) is 1.85. The Morgan fingerprint density at radius 3 is 2.70 bits per heavy atom. The number of hydrogen-bond acceptors (Lipinski definition) is 3. The smallest absolute Gasteiger partial charge is 0.124 e. The van der Waals surface area contributed by atoms with Crippen molar-refractivity contribution in [1.82, 2.24) is 4.98 Å². The van der Waals surface area contributed by atoms with Crippen LogP contribution >= 0.6 is 11.8 Å². The predicted molar refractivity (Wildman–Crippen MR) is 45.2 cm³/mol. The lowest BCUT2D eigenvalue weighted by molar-refractivity contribution is 1.17. The lowest BCUT2D eigenvalue weighted by Gasteiger charge is -1.98. The second-order valence-corrected chi connectivity index (χ2v) is 2.95. The number of nitrogen functional groups attached to an aromatic ring is 1. The summed E-state index contributed by atoms with van der Waals surface area (Å²) in [4.78, 5) is 5.22. The molecular weight excluding hydrogens is 144 g/mol. The van der Waals surface area contributed by atoms with Crippen LogP contribution in [0.25, 0.3) is 0 Å². The number of hydrogen-bond donors (Lipinski definition) is 1. The van der Waals surface area contributed by atoms with Crippen LogP contribution < -0.4 is 5.73 Å². The number of thioether (sulfide) groups is 1. The van der Waals surface area contributed by atoms with Gasteiger partial charge in [0.15, 0.2) is 0 Å². The van der Waals surface area contributed by atoms with Crippen LogP contribution in [0.1, 0.15) is 5.69 Å². The minimum absolute atomic E-state index is 0.601. The van der Waals surface area contributed by atoms with Crippen molar-refractivity contribution in [1.29, 1.82) is 0 Å². The standard InChI is InChI=1S/C7H10N2S/c1-5-3-6(10-2)4-7(8)9-5/h3-4H,1-2H3,(H2,8,9). The molecule has 2 nitrogen and oxygen atoms in total. The molecule has 10 heavy (non-hydrogen) atoms. The van der Waals surface area contributed by atoms with Crippen molar-refractivity contribution in [3.05, 3.63) is 17.8 Å². The van der Waals surface area contributed by atoms with E-state index in [1.807, 2.05) is 25.3 Å². The number of nitrogens with two attached hydrogens (primary N) is 1. The Hall–Kier alpha value is -0.700. The van der Waals surface area contributed by atoms with Crippen molar-refractivity contribution in [3.8, 4) is 0 Å². The zero-order valence-electron chi connectivity index (χ0n) is 6.09. The largest absolute Gasteiger partial charge is 0.384 e. The second-order valence-electron chi connectivity index (χ2n) is 2.07. The molecule has 0 aliphatic heterocycles. The van der Waals surface area contributed by atoms with Crippen molar-refractivity contribution < 1.29 is 0 Å². The normalized spacial score (nSPS) is 9.80. The quantitative estimate of drug-likeness (QED) is 0.626. The molecule has 0 saturated carbocycles. The molecule has 0 amide bonds. The maximum absolute atomic E-state index is 5.51. The van der Waals surface area contributed by atoms with Gasteiger partial charge in [0.25, 0.3) is 0 Å². The third-order valence-electron chi connectivity index (χ3n) is 1.18. The molecule has 1 aromatic rings. The Kier molecular flexibility index (Phi) is 2.17. The third kappa shape index (κ3) is 1.64. The molecule has 0 bridgehead atoms. The van der Waals surface area contributed by atoms with Crippen LogP contribution in [-0.4, -0.2) is 11.2 Å². The Balaban J connectivity index is 3.06. The summed E-state index contributed by atoms with van der Waals surface area (Å²) >= 11 is 1.68. The van der Waals surface area contributed by atoms with Gasteiger partial charge in [-0.3, -0.25) is 0 Å². The Bertz CT molecular complexity index is 215. The highest BCUT2D eigenvalue weighted by Gasteiger charge is 1.93. The molecule has 1 rings (SSSR count). The fourth-order valence-electron chi connectivity index (χ4n) is 0.779. The Morgan fingerprint density at radius 1 is 1.50 bits per heavy atom. The van der Waals surface area contributed by atoms with Crippen LogP contribution in [0, 0.1) is 6.92 Å². The fourth-order valence-corrected chi connectivity index (χ4v) is 1.31. The topological polar surface area (TPSA) is 38.9 Å². The van der Waals surface area contributed by atoms with Crippen molar-refractivity contribution in [2.45, 2.75) is 11.8 Å². The van der Waals surface area contributed by atoms with Crippen LogP contribution in [0.4, 0.5) is 5.82 Å². The van der Waals surface area contributed by atoms with E-state index < -0.39 is 0 Å². The zero-order chi connectivity index (χ0) is 7.56. The van der Waals surface area contributed by atoms with Gasteiger partial charge in [0.1, 0.15) is 5.82 Å². The average molecular weight is 154 g/mol. The van der Waals surface area contributed by atoms with Gasteiger partial charge in [0.05, 0.1) is 0 Å². The first kappa shape index (κ1) is 7.41. The molecule has 2 N–H and O–H groups in total. The molecule has 0 fully saturated rings. The summed E-state index contributed by atoms with van der Waals surface area (Å²) in [6.45, 7) is 1.94. The number of aryl methyl sites for hydroxylation is 1. The van der Waals surface area contributed by atoms with E-state index in [0.29, 0.717) is 5.82 Å². The molecule has 0 saturated heterocycles. The van der Waals surface area contributed by atoms with Crippen molar-refractivity contribution >= 4 is 17.6 Å². The summed E-state index contributed by atoms with van der Waals surface area (Å²) in [5.41, 5.74) is 6.49. The molecule has 0 spiro atoms. The Morgan fingerprint density at radius 2 is 2.20 bits per heavy atom. The van der Waals surface area contributed by atoms with E-state index in [1.54, 1.807) is 11.8 Å². The molecule has 0 aromatic carbocycles. The van der Waals surface area contributed by atoms with Crippen LogP contribution in [0.5, 0.6) is 0 Å². The molecule has 0 atom stereocenters. The van der Waals surface area contributed by atoms with E-state index in [1.165, 1.54) is 4.90 Å². The molecule has 1 aromatic heterocycles. The number of anilines is 1. The highest BCUT2D eigenvalue weighted by Crippen LogP contribution is 2.16. The fraction of sp³-hybridized carbons (Fsp3) is 0.286. The lowest BCUT2D eigenvalue weighted by Crippen LogP contribution is -1.91. The van der Waals surface area contributed by atoms with Crippen LogP contribution in [0.2, 0.25) is 0 Å². The van der Waals surface area contributed by atoms with Crippen molar-refractivity contribution in [2.75, 3.05) is 12.0 Å². The molecule has 0 unspecified atom stereocenters. The third-order valence-corrected chi connectivity index (χ3v) is 1.89. The predicted octanol–water partition coefficient (Wildman–Crippen LogP) is 1.69. The first-order chi connectivity index (χ1) is 4.72. The van der Waals surface area contributed by atoms with Gasteiger partial charge < -0.3 is 5.73 Å². The number of rotatable bonds is 1. The molecule has 0 aliphatic rings. The summed E-state index contributed by atoms with van der Waals surface area (Å²) in [7, 11) is 0. The van der Waals surface area contributed by atoms with Gasteiger partial charge in [-0.25, -0.2) is 4.98 Å². The van der Waals surface area contributed by atoms with Gasteiger partial charge >= 0.3 is 0 Å². The maximum atomic E-state index is 5.51. The first-order valence-corrected chi connectivity index (χ1v) is 4.23. The summed E-state index contributed by atoms with van der Waals surface area (Å²) in [6.07, 6.45) is 2.02. The molecular formula is C7H10N2S. The van der Waals surface area contributed by atoms with Gasteiger partial charge in [0, 0.05) is 10.6 Å². The minimum Gasteiger partial charge on any atom is -0.384 e. The summed E-state index contributed by atoms with van der Waals surface area (Å²) in [6, 6.07) is 3.89. The number of aromatic nitrogens is 1. The number of nitrogens with zero attached hydrogens (tertiary/aromatic N) is 1. The van der Waals surface area contributed by atoms with Crippen LogP contribution in [-0.2, 0) is 0 Å². The first-order valence-electron chi connectivity index (χ1n) is 3.00. The van der Waals surface area contributed by atoms with E-state index in [9.17, 15) is 0 Å². The van der Waals surface area contributed by atoms with E-state index in [2.05, 4.69) is 4.98 Å². The van der Waals surface area contributed by atoms with Crippen molar-refractivity contribution in [2.24, 2.45) is 0 Å². The van der Waals surface area contributed by atoms with Crippen LogP contribution in [0.3, 0.4) is 0 Å². The summed E-state index contributed by atoms with van der Waals surface area (Å²) < 4.78 is 0. The highest BCUT2D eigenvalue weighted by atomic mass is 32.2. The number of pyridine rings is 1. The maximum Gasteiger partial charge on any atom is 0.124 e. The van der Waals surface area contributed by atoms with Gasteiger partial charge in [-0.15, -0.1) is 11.8 Å². The summed E-state index contributed by atoms with van der Waals surface area (Å²) in [5, 5.41) is 0. The van der Waals surface area contributed by atoms with Gasteiger partial charge in [-0.2, -0.15) is 0 Å². The summed E-state index contributed by atoms with van der Waals surface area (Å²) in [5.74, 6) is 0.601. The lowest BCUT2D eigenvalue weighted by atomic mass is 10.4. The minimum atomic E-state index is 0.601. The van der Waals surface area contributed by atoms with E-state index in [-0.39, 0.29) is 0 Å². The molecule has 3 heteroatoms. The molecule has 0 aliphatic carbocycles. The SMILES string of the molecule is CSc1cc(C)nc(N)c1. The van der Waals surface area contributed by atoms with Gasteiger partial charge in [-0.05, 0) is 25.3 Å². The molecule has 54 valence electrons. The zero-order valence-corrected chi connectivity index (χ0v) is 6.90. The second kappa shape index (κ2) is 2.92. The van der Waals surface area contributed by atoms with Crippen molar-refractivity contribution in [3.63, 3.8) is 0 Å².